The Balaban J connectivity index is 1.89. The Hall–Kier alpha value is -3.12. The second kappa shape index (κ2) is 10.0. The molecule has 13 heteroatoms. The summed E-state index contributed by atoms with van der Waals surface area (Å²) in [7, 11) is -1.50. The van der Waals surface area contributed by atoms with E-state index in [2.05, 4.69) is 31.0 Å². The fourth-order valence-electron chi connectivity index (χ4n) is 2.84. The molecular weight excluding hydrogens is 442 g/mol. The topological polar surface area (TPSA) is 172 Å². The minimum absolute atomic E-state index is 0.193. The van der Waals surface area contributed by atoms with Crippen molar-refractivity contribution in [3.8, 4) is 17.6 Å². The van der Waals surface area contributed by atoms with Gasteiger partial charge in [0.25, 0.3) is 0 Å². The summed E-state index contributed by atoms with van der Waals surface area (Å²) in [5.41, 5.74) is 1.42. The third kappa shape index (κ3) is 5.37. The standard InChI is InChI=1S/C19H21N5O7S/c1-29-14-6-4-3-5-12(14)7-8-13-16-18(22-10-21-13)24(11-23-16)19(26)17(25)15(30-2)9-31-32(20,27)28/h3-6,10-11,15,17,19,25-26H,9H2,1-2H3,(H2,20,27,28)/t15-,17-,19-/m1/s1. The maximum absolute atomic E-state index is 11.0. The molecule has 0 radical (unpaired) electrons. The molecule has 0 saturated carbocycles. The van der Waals surface area contributed by atoms with E-state index in [9.17, 15) is 18.6 Å². The van der Waals surface area contributed by atoms with Gasteiger partial charge in [0, 0.05) is 7.11 Å². The van der Waals surface area contributed by atoms with E-state index in [1.165, 1.54) is 24.3 Å². The van der Waals surface area contributed by atoms with Gasteiger partial charge in [-0.2, -0.15) is 8.42 Å². The first-order chi connectivity index (χ1) is 15.2. The molecule has 0 aliphatic heterocycles. The monoisotopic (exact) mass is 463 g/mol. The predicted octanol–water partition coefficient (Wildman–Crippen LogP) is -0.678. The van der Waals surface area contributed by atoms with Crippen LogP contribution in [-0.4, -0.2) is 71.2 Å². The first kappa shape index (κ1) is 23.5. The fraction of sp³-hybridized carbons (Fsp3) is 0.316. The van der Waals surface area contributed by atoms with Crippen molar-refractivity contribution in [1.82, 2.24) is 19.5 Å². The number of rotatable bonds is 8. The average molecular weight is 463 g/mol. The van der Waals surface area contributed by atoms with Gasteiger partial charge in [-0.3, -0.25) is 8.75 Å². The number of nitrogens with two attached hydrogens (primary N) is 1. The van der Waals surface area contributed by atoms with Gasteiger partial charge in [-0.05, 0) is 18.1 Å². The van der Waals surface area contributed by atoms with Crippen LogP contribution in [0.25, 0.3) is 11.2 Å². The van der Waals surface area contributed by atoms with Gasteiger partial charge in [-0.1, -0.05) is 18.1 Å². The molecule has 3 rings (SSSR count). The van der Waals surface area contributed by atoms with Crippen molar-refractivity contribution in [3.05, 3.63) is 48.2 Å². The first-order valence-electron chi connectivity index (χ1n) is 9.13. The number of aliphatic hydroxyl groups is 2. The lowest BCUT2D eigenvalue weighted by molar-refractivity contribution is -0.112. The zero-order chi connectivity index (χ0) is 23.3. The third-order valence-electron chi connectivity index (χ3n) is 4.45. The summed E-state index contributed by atoms with van der Waals surface area (Å²) >= 11 is 0. The maximum Gasteiger partial charge on any atom is 0.333 e. The van der Waals surface area contributed by atoms with Crippen molar-refractivity contribution >= 4 is 21.5 Å². The highest BCUT2D eigenvalue weighted by Crippen LogP contribution is 2.21. The molecule has 170 valence electrons. The summed E-state index contributed by atoms with van der Waals surface area (Å²) in [5.74, 6) is 6.46. The van der Waals surface area contributed by atoms with E-state index in [0.29, 0.717) is 17.0 Å². The maximum atomic E-state index is 11.0. The Morgan fingerprint density at radius 3 is 2.59 bits per heavy atom. The molecule has 3 aromatic rings. The first-order valence-corrected chi connectivity index (χ1v) is 10.6. The van der Waals surface area contributed by atoms with Gasteiger partial charge in [-0.15, -0.1) is 0 Å². The van der Waals surface area contributed by atoms with Crippen molar-refractivity contribution in [2.45, 2.75) is 18.4 Å². The number of para-hydroxylation sites is 1. The largest absolute Gasteiger partial charge is 0.495 e. The molecule has 0 bridgehead atoms. The highest BCUT2D eigenvalue weighted by Gasteiger charge is 2.30. The second-order valence-corrected chi connectivity index (χ2v) is 7.67. The Morgan fingerprint density at radius 2 is 1.91 bits per heavy atom. The van der Waals surface area contributed by atoms with Crippen LogP contribution in [0.3, 0.4) is 0 Å². The van der Waals surface area contributed by atoms with Crippen molar-refractivity contribution in [1.29, 1.82) is 0 Å². The lowest BCUT2D eigenvalue weighted by Gasteiger charge is -2.25. The van der Waals surface area contributed by atoms with E-state index < -0.39 is 35.3 Å². The van der Waals surface area contributed by atoms with Crippen molar-refractivity contribution in [2.75, 3.05) is 20.8 Å². The minimum Gasteiger partial charge on any atom is -0.495 e. The molecule has 0 spiro atoms. The number of methoxy groups -OCH3 is 2. The van der Waals surface area contributed by atoms with Crippen LogP contribution in [-0.2, 0) is 19.2 Å². The molecule has 0 aliphatic rings. The van der Waals surface area contributed by atoms with Gasteiger partial charge in [0.1, 0.15) is 35.5 Å². The number of nitrogens with zero attached hydrogens (tertiary/aromatic N) is 4. The van der Waals surface area contributed by atoms with Gasteiger partial charge >= 0.3 is 10.3 Å². The number of ether oxygens (including phenoxy) is 2. The van der Waals surface area contributed by atoms with Gasteiger partial charge < -0.3 is 19.7 Å². The zero-order valence-electron chi connectivity index (χ0n) is 17.1. The number of hydrogen-bond acceptors (Lipinski definition) is 10. The molecule has 12 nitrogen and oxygen atoms in total. The predicted molar refractivity (Wildman–Crippen MR) is 111 cm³/mol. The summed E-state index contributed by atoms with van der Waals surface area (Å²) in [4.78, 5) is 12.4. The number of fused-ring (bicyclic) bond motifs is 1. The molecular formula is C19H21N5O7S. The molecule has 4 N–H and O–H groups in total. The minimum atomic E-state index is -4.25. The number of imidazole rings is 1. The molecule has 1 aromatic carbocycles. The van der Waals surface area contributed by atoms with Gasteiger partial charge in [0.15, 0.2) is 11.9 Å². The molecule has 3 atom stereocenters. The lowest BCUT2D eigenvalue weighted by atomic mass is 10.2. The smallest absolute Gasteiger partial charge is 0.333 e. The van der Waals surface area contributed by atoms with Gasteiger partial charge in [-0.25, -0.2) is 20.1 Å². The van der Waals surface area contributed by atoms with Crippen molar-refractivity contribution in [3.63, 3.8) is 0 Å². The van der Waals surface area contributed by atoms with E-state index >= 15 is 0 Å². The van der Waals surface area contributed by atoms with Crippen molar-refractivity contribution < 1.29 is 32.3 Å². The van der Waals surface area contributed by atoms with Crippen LogP contribution in [0, 0.1) is 11.8 Å². The molecule has 32 heavy (non-hydrogen) atoms. The summed E-state index contributed by atoms with van der Waals surface area (Å²) in [6.07, 6.45) is -1.93. The molecule has 0 aliphatic carbocycles. The van der Waals surface area contributed by atoms with Crippen LogP contribution in [0.15, 0.2) is 36.9 Å². The van der Waals surface area contributed by atoms with Crippen LogP contribution < -0.4 is 9.88 Å². The van der Waals surface area contributed by atoms with Crippen LogP contribution in [0.2, 0.25) is 0 Å². The molecule has 2 heterocycles. The quantitative estimate of drug-likeness (QED) is 0.363. The zero-order valence-corrected chi connectivity index (χ0v) is 17.9. The third-order valence-corrected chi connectivity index (χ3v) is 4.92. The van der Waals surface area contributed by atoms with E-state index in [0.717, 1.165) is 0 Å². The highest BCUT2D eigenvalue weighted by atomic mass is 32.2. The Kier molecular flexibility index (Phi) is 7.36. The number of benzene rings is 1. The number of aromatic nitrogens is 4. The van der Waals surface area contributed by atoms with Gasteiger partial charge in [0.2, 0.25) is 0 Å². The van der Waals surface area contributed by atoms with Gasteiger partial charge in [0.05, 0.1) is 25.6 Å². The average Bonchev–Trinajstić information content (AvgIpc) is 3.21. The van der Waals surface area contributed by atoms with E-state index in [1.807, 2.05) is 12.1 Å². The highest BCUT2D eigenvalue weighted by molar-refractivity contribution is 7.84. The fourth-order valence-corrected chi connectivity index (χ4v) is 3.16. The normalized spacial score (nSPS) is 14.4. The summed E-state index contributed by atoms with van der Waals surface area (Å²) in [6, 6.07) is 7.21. The van der Waals surface area contributed by atoms with E-state index in [-0.39, 0.29) is 11.2 Å². The molecule has 0 fully saturated rings. The van der Waals surface area contributed by atoms with E-state index in [4.69, 9.17) is 14.6 Å². The molecule has 0 unspecified atom stereocenters. The Bertz CT molecular complexity index is 1250. The molecule has 0 saturated heterocycles. The summed E-state index contributed by atoms with van der Waals surface area (Å²) in [6.45, 7) is -0.606. The van der Waals surface area contributed by atoms with Crippen LogP contribution in [0.1, 0.15) is 17.5 Å². The second-order valence-electron chi connectivity index (χ2n) is 6.45. The number of aliphatic hydroxyl groups excluding tert-OH is 2. The summed E-state index contributed by atoms with van der Waals surface area (Å²) < 4.78 is 37.9. The van der Waals surface area contributed by atoms with Crippen molar-refractivity contribution in [2.24, 2.45) is 5.14 Å². The molecule has 2 aromatic heterocycles. The van der Waals surface area contributed by atoms with Crippen LogP contribution in [0.4, 0.5) is 0 Å². The van der Waals surface area contributed by atoms with Crippen LogP contribution >= 0.6 is 0 Å². The summed E-state index contributed by atoms with van der Waals surface area (Å²) in [5, 5.41) is 25.9. The van der Waals surface area contributed by atoms with E-state index in [1.54, 1.807) is 19.2 Å². The number of hydrogen-bond donors (Lipinski definition) is 3. The Morgan fingerprint density at radius 1 is 1.16 bits per heavy atom. The molecule has 0 amide bonds. The Labute approximate surface area is 183 Å². The lowest BCUT2D eigenvalue weighted by Crippen LogP contribution is -2.40. The van der Waals surface area contributed by atoms with Crippen LogP contribution in [0.5, 0.6) is 5.75 Å². The SMILES string of the molecule is COc1ccccc1C#Cc1ncnc2c1ncn2[C@H](O)[C@H](O)[C@@H](COS(N)(=O)=O)OC.